The van der Waals surface area contributed by atoms with E-state index in [0.29, 0.717) is 13.1 Å². The summed E-state index contributed by atoms with van der Waals surface area (Å²) in [5.74, 6) is -0.546. The summed E-state index contributed by atoms with van der Waals surface area (Å²) >= 11 is 0. The lowest BCUT2D eigenvalue weighted by molar-refractivity contribution is -0.154. The number of alkyl halides is 1. The third kappa shape index (κ3) is 6.26. The van der Waals surface area contributed by atoms with Crippen molar-refractivity contribution < 1.29 is 13.9 Å². The molecule has 3 rings (SSSR count). The van der Waals surface area contributed by atoms with Crippen LogP contribution >= 0.6 is 0 Å². The zero-order valence-corrected chi connectivity index (χ0v) is 16.6. The quantitative estimate of drug-likeness (QED) is 0.472. The van der Waals surface area contributed by atoms with Crippen molar-refractivity contribution in [1.29, 1.82) is 0 Å². The van der Waals surface area contributed by atoms with Crippen LogP contribution in [0.1, 0.15) is 23.6 Å². The second-order valence-corrected chi connectivity index (χ2v) is 7.09. The summed E-state index contributed by atoms with van der Waals surface area (Å²) in [5, 5.41) is 0. The molecular formula is C25H26FNO2. The first-order valence-electron chi connectivity index (χ1n) is 9.80. The first-order valence-corrected chi connectivity index (χ1v) is 9.80. The zero-order valence-electron chi connectivity index (χ0n) is 16.6. The van der Waals surface area contributed by atoms with E-state index in [-0.39, 0.29) is 6.61 Å². The fraction of sp³-hybridized carbons (Fsp3) is 0.240. The van der Waals surface area contributed by atoms with Gasteiger partial charge < -0.3 is 4.74 Å². The first-order chi connectivity index (χ1) is 14.1. The molecule has 0 bridgehead atoms. The normalized spacial score (nSPS) is 13.1. The average Bonchev–Trinajstić information content (AvgIpc) is 2.74. The molecule has 0 spiro atoms. The van der Waals surface area contributed by atoms with E-state index in [1.165, 1.54) is 6.92 Å². The molecule has 0 aliphatic carbocycles. The number of halogens is 1. The molecular weight excluding hydrogens is 365 g/mol. The van der Waals surface area contributed by atoms with Crippen molar-refractivity contribution in [3.05, 3.63) is 108 Å². The number of carbonyl (C=O) groups is 1. The van der Waals surface area contributed by atoms with E-state index in [9.17, 15) is 9.18 Å². The van der Waals surface area contributed by atoms with Crippen LogP contribution < -0.4 is 0 Å². The monoisotopic (exact) mass is 391 g/mol. The van der Waals surface area contributed by atoms with Gasteiger partial charge in [0.1, 0.15) is 18.8 Å². The Morgan fingerprint density at radius 3 is 1.62 bits per heavy atom. The highest BCUT2D eigenvalue weighted by Crippen LogP contribution is 2.19. The molecule has 0 aromatic heterocycles. The highest BCUT2D eigenvalue weighted by molar-refractivity contribution is 5.76. The molecule has 150 valence electrons. The van der Waals surface area contributed by atoms with E-state index in [2.05, 4.69) is 0 Å². The van der Waals surface area contributed by atoms with Crippen LogP contribution in [-0.2, 0) is 29.2 Å². The standard InChI is InChI=1S/C25H26FNO2/c1-20(26)24(25(28)29-19-23-15-9-4-10-16-23)27(17-21-11-5-2-6-12-21)18-22-13-7-3-8-14-22/h2-16,20,24H,17-19H2,1H3/t20-,24-/m1/s1. The van der Waals surface area contributed by atoms with Gasteiger partial charge in [-0.3, -0.25) is 9.69 Å². The predicted octanol–water partition coefficient (Wildman–Crippen LogP) is 5.16. The number of ether oxygens (including phenoxy) is 1. The maximum absolute atomic E-state index is 14.7. The van der Waals surface area contributed by atoms with E-state index in [1.807, 2.05) is 95.9 Å². The van der Waals surface area contributed by atoms with Crippen molar-refractivity contribution in [2.75, 3.05) is 0 Å². The van der Waals surface area contributed by atoms with Gasteiger partial charge in [-0.15, -0.1) is 0 Å². The zero-order chi connectivity index (χ0) is 20.5. The highest BCUT2D eigenvalue weighted by Gasteiger charge is 2.33. The fourth-order valence-corrected chi connectivity index (χ4v) is 3.33. The van der Waals surface area contributed by atoms with Gasteiger partial charge in [0.15, 0.2) is 0 Å². The second kappa shape index (κ2) is 10.5. The van der Waals surface area contributed by atoms with Gasteiger partial charge in [0.25, 0.3) is 0 Å². The Morgan fingerprint density at radius 1 is 0.793 bits per heavy atom. The third-order valence-corrected chi connectivity index (χ3v) is 4.75. The molecule has 0 radical (unpaired) electrons. The van der Waals surface area contributed by atoms with E-state index >= 15 is 0 Å². The molecule has 3 aromatic carbocycles. The van der Waals surface area contributed by atoms with Gasteiger partial charge in [-0.2, -0.15) is 0 Å². The van der Waals surface area contributed by atoms with Crippen LogP contribution in [0.3, 0.4) is 0 Å². The Morgan fingerprint density at radius 2 is 1.21 bits per heavy atom. The van der Waals surface area contributed by atoms with Gasteiger partial charge in [0.05, 0.1) is 0 Å². The second-order valence-electron chi connectivity index (χ2n) is 7.09. The summed E-state index contributed by atoms with van der Waals surface area (Å²) in [6.07, 6.45) is -1.37. The number of nitrogens with zero attached hydrogens (tertiary/aromatic N) is 1. The lowest BCUT2D eigenvalue weighted by Gasteiger charge is -2.31. The molecule has 3 aromatic rings. The highest BCUT2D eigenvalue weighted by atomic mass is 19.1. The van der Waals surface area contributed by atoms with Crippen LogP contribution in [-0.4, -0.2) is 23.1 Å². The van der Waals surface area contributed by atoms with Gasteiger partial charge in [0, 0.05) is 13.1 Å². The summed E-state index contributed by atoms with van der Waals surface area (Å²) < 4.78 is 20.1. The summed E-state index contributed by atoms with van der Waals surface area (Å²) in [5.41, 5.74) is 2.92. The maximum Gasteiger partial charge on any atom is 0.326 e. The minimum absolute atomic E-state index is 0.132. The van der Waals surface area contributed by atoms with Crippen LogP contribution in [0.4, 0.5) is 4.39 Å². The molecule has 29 heavy (non-hydrogen) atoms. The van der Waals surface area contributed by atoms with Crippen molar-refractivity contribution in [1.82, 2.24) is 4.90 Å². The molecule has 0 unspecified atom stereocenters. The number of carbonyl (C=O) groups excluding carboxylic acids is 1. The van der Waals surface area contributed by atoms with Crippen LogP contribution in [0, 0.1) is 0 Å². The molecule has 0 amide bonds. The molecule has 0 saturated heterocycles. The van der Waals surface area contributed by atoms with E-state index in [1.54, 1.807) is 0 Å². The first kappa shape index (κ1) is 20.7. The van der Waals surface area contributed by atoms with Gasteiger partial charge in [-0.1, -0.05) is 91.0 Å². The predicted molar refractivity (Wildman–Crippen MR) is 113 cm³/mol. The summed E-state index contributed by atoms with van der Waals surface area (Å²) in [6, 6.07) is 28.0. The van der Waals surface area contributed by atoms with Gasteiger partial charge in [-0.25, -0.2) is 4.39 Å². The number of rotatable bonds is 9. The molecule has 0 aliphatic rings. The molecule has 0 fully saturated rings. The summed E-state index contributed by atoms with van der Waals surface area (Å²) in [7, 11) is 0. The van der Waals surface area contributed by atoms with Gasteiger partial charge >= 0.3 is 5.97 Å². The van der Waals surface area contributed by atoms with Crippen molar-refractivity contribution >= 4 is 5.97 Å². The Bertz CT molecular complexity index is 828. The molecule has 0 aliphatic heterocycles. The lowest BCUT2D eigenvalue weighted by Crippen LogP contribution is -2.46. The minimum atomic E-state index is -1.37. The minimum Gasteiger partial charge on any atom is -0.460 e. The number of hydrogen-bond donors (Lipinski definition) is 0. The Balaban J connectivity index is 1.79. The lowest BCUT2D eigenvalue weighted by atomic mass is 10.1. The molecule has 4 heteroatoms. The van der Waals surface area contributed by atoms with Crippen LogP contribution in [0.2, 0.25) is 0 Å². The maximum atomic E-state index is 14.7. The Hall–Kier alpha value is -2.98. The molecule has 3 nitrogen and oxygen atoms in total. The van der Waals surface area contributed by atoms with Crippen molar-refractivity contribution in [2.24, 2.45) is 0 Å². The third-order valence-electron chi connectivity index (χ3n) is 4.75. The number of benzene rings is 3. The Kier molecular flexibility index (Phi) is 7.54. The molecule has 0 heterocycles. The SMILES string of the molecule is C[C@@H](F)[C@H](C(=O)OCc1ccccc1)N(Cc1ccccc1)Cc1ccccc1. The van der Waals surface area contributed by atoms with Crippen LogP contribution in [0.25, 0.3) is 0 Å². The topological polar surface area (TPSA) is 29.5 Å². The number of esters is 1. The van der Waals surface area contributed by atoms with Crippen LogP contribution in [0.5, 0.6) is 0 Å². The van der Waals surface area contributed by atoms with Crippen molar-refractivity contribution in [3.63, 3.8) is 0 Å². The van der Waals surface area contributed by atoms with E-state index in [0.717, 1.165) is 16.7 Å². The smallest absolute Gasteiger partial charge is 0.326 e. The van der Waals surface area contributed by atoms with Crippen molar-refractivity contribution in [3.8, 4) is 0 Å². The Labute approximate surface area is 171 Å². The molecule has 2 atom stereocenters. The fourth-order valence-electron chi connectivity index (χ4n) is 3.33. The van der Waals surface area contributed by atoms with E-state index in [4.69, 9.17) is 4.74 Å². The van der Waals surface area contributed by atoms with Gasteiger partial charge in [0.2, 0.25) is 0 Å². The van der Waals surface area contributed by atoms with Gasteiger partial charge in [-0.05, 0) is 23.6 Å². The number of hydrogen-bond acceptors (Lipinski definition) is 3. The molecule has 0 N–H and O–H groups in total. The summed E-state index contributed by atoms with van der Waals surface area (Å²) in [4.78, 5) is 14.7. The van der Waals surface area contributed by atoms with Crippen LogP contribution in [0.15, 0.2) is 91.0 Å². The van der Waals surface area contributed by atoms with Crippen molar-refractivity contribution in [2.45, 2.75) is 38.8 Å². The summed E-state index contributed by atoms with van der Waals surface area (Å²) in [6.45, 7) is 2.45. The average molecular weight is 391 g/mol. The largest absolute Gasteiger partial charge is 0.460 e. The van der Waals surface area contributed by atoms with E-state index < -0.39 is 18.2 Å². The molecule has 0 saturated carbocycles.